The number of rotatable bonds is 4. The lowest BCUT2D eigenvalue weighted by atomic mass is 9.99. The van der Waals surface area contributed by atoms with Crippen LogP contribution in [0.5, 0.6) is 0 Å². The highest BCUT2D eigenvalue weighted by molar-refractivity contribution is 8.01. The molecule has 1 aliphatic rings. The number of nitrogens with one attached hydrogen (secondary N) is 1. The molecule has 1 N–H and O–H groups in total. The smallest absolute Gasteiger partial charge is 0.332 e. The van der Waals surface area contributed by atoms with E-state index in [1.165, 1.54) is 16.7 Å². The van der Waals surface area contributed by atoms with Gasteiger partial charge in [-0.1, -0.05) is 36.4 Å². The van der Waals surface area contributed by atoms with Crippen LogP contribution in [0.15, 0.2) is 41.8 Å². The zero-order valence-electron chi connectivity index (χ0n) is 13.6. The summed E-state index contributed by atoms with van der Waals surface area (Å²) in [6, 6.07) is 7.61. The fourth-order valence-corrected chi connectivity index (χ4v) is 3.20. The molecule has 0 bridgehead atoms. The van der Waals surface area contributed by atoms with Gasteiger partial charge < -0.3 is 10.2 Å². The van der Waals surface area contributed by atoms with Crippen LogP contribution in [0.2, 0.25) is 0 Å². The molecule has 1 fully saturated rings. The Morgan fingerprint density at radius 3 is 2.62 bits per heavy atom. The summed E-state index contributed by atoms with van der Waals surface area (Å²) >= 11 is 1.50. The second kappa shape index (κ2) is 7.96. The van der Waals surface area contributed by atoms with Gasteiger partial charge in [-0.15, -0.1) is 11.8 Å². The van der Waals surface area contributed by atoms with Gasteiger partial charge in [-0.05, 0) is 30.6 Å². The molecule has 2 rings (SSSR count). The fourth-order valence-electron chi connectivity index (χ4n) is 2.81. The number of alkyl halides is 3. The number of hydrogen-bond donors (Lipinski definition) is 1. The molecule has 0 aromatic heterocycles. The molecule has 132 valence electrons. The minimum atomic E-state index is -4.30. The summed E-state index contributed by atoms with van der Waals surface area (Å²) in [5, 5.41) is 4.58. The predicted octanol–water partition coefficient (Wildman–Crippen LogP) is 4.59. The van der Waals surface area contributed by atoms with Crippen LogP contribution < -0.4 is 5.32 Å². The Labute approximate surface area is 144 Å². The highest BCUT2D eigenvalue weighted by atomic mass is 32.2. The molecule has 1 aliphatic heterocycles. The fraction of sp³-hybridized carbons (Fsp3) is 0.471. The zero-order valence-corrected chi connectivity index (χ0v) is 14.4. The molecule has 0 aliphatic carbocycles. The lowest BCUT2D eigenvalue weighted by molar-refractivity contribution is -0.170. The maximum atomic E-state index is 13.1. The molecule has 1 aromatic carbocycles. The summed E-state index contributed by atoms with van der Waals surface area (Å²) in [5.41, 5.74) is 0.728. The largest absolute Gasteiger partial charge is 0.393 e. The molecule has 24 heavy (non-hydrogen) atoms. The van der Waals surface area contributed by atoms with Gasteiger partial charge in [0.1, 0.15) is 0 Å². The average molecular weight is 358 g/mol. The second-order valence-corrected chi connectivity index (χ2v) is 6.60. The molecule has 0 radical (unpaired) electrons. The van der Waals surface area contributed by atoms with E-state index in [-0.39, 0.29) is 19.0 Å². The van der Waals surface area contributed by atoms with Crippen LogP contribution in [0.3, 0.4) is 0 Å². The zero-order chi connectivity index (χ0) is 17.7. The van der Waals surface area contributed by atoms with Crippen LogP contribution in [0.25, 0.3) is 0 Å². The molecule has 1 heterocycles. The number of nitrogens with zero attached hydrogens (tertiary/aromatic N) is 1. The second-order valence-electron chi connectivity index (χ2n) is 5.86. The van der Waals surface area contributed by atoms with Crippen LogP contribution in [-0.4, -0.2) is 35.9 Å². The van der Waals surface area contributed by atoms with E-state index in [2.05, 4.69) is 5.32 Å². The number of carbonyl (C=O) groups is 1. The quantitative estimate of drug-likeness (QED) is 0.854. The van der Waals surface area contributed by atoms with E-state index in [0.717, 1.165) is 5.56 Å². The van der Waals surface area contributed by atoms with Crippen molar-refractivity contribution < 1.29 is 18.0 Å². The Balaban J connectivity index is 2.17. The summed E-state index contributed by atoms with van der Waals surface area (Å²) in [7, 11) is 0. The van der Waals surface area contributed by atoms with Crippen LogP contribution in [0.4, 0.5) is 18.0 Å². The SMILES string of the molecule is CS/C=C/C(C)NC(=O)N1CC(C(F)(F)F)CC1c1ccccc1. The van der Waals surface area contributed by atoms with Crippen LogP contribution in [0.1, 0.15) is 24.9 Å². The van der Waals surface area contributed by atoms with Gasteiger partial charge in [-0.25, -0.2) is 4.79 Å². The Hall–Kier alpha value is -1.63. The van der Waals surface area contributed by atoms with Crippen molar-refractivity contribution in [2.24, 2.45) is 5.92 Å². The van der Waals surface area contributed by atoms with E-state index >= 15 is 0 Å². The van der Waals surface area contributed by atoms with Gasteiger partial charge in [0.25, 0.3) is 0 Å². The van der Waals surface area contributed by atoms with Crippen molar-refractivity contribution in [3.05, 3.63) is 47.4 Å². The summed E-state index contributed by atoms with van der Waals surface area (Å²) in [6.07, 6.45) is -0.704. The van der Waals surface area contributed by atoms with Gasteiger partial charge in [0, 0.05) is 12.6 Å². The lowest BCUT2D eigenvalue weighted by Gasteiger charge is -2.26. The third kappa shape index (κ3) is 4.69. The van der Waals surface area contributed by atoms with E-state index < -0.39 is 24.2 Å². The first-order valence-corrected chi connectivity index (χ1v) is 9.00. The normalized spacial score (nSPS) is 22.8. The maximum absolute atomic E-state index is 13.1. The highest BCUT2D eigenvalue weighted by Crippen LogP contribution is 2.42. The standard InChI is InChI=1S/C17H21F3N2OS/c1-12(8-9-24-2)21-16(23)22-11-14(17(18,19)20)10-15(22)13-6-4-3-5-7-13/h3-9,12,14-15H,10-11H2,1-2H3,(H,21,23)/b9-8+. The number of likely N-dealkylation sites (tertiary alicyclic amines) is 1. The number of urea groups is 1. The summed E-state index contributed by atoms with van der Waals surface area (Å²) in [5.74, 6) is -1.49. The third-order valence-electron chi connectivity index (χ3n) is 4.06. The Morgan fingerprint density at radius 2 is 2.04 bits per heavy atom. The first-order chi connectivity index (χ1) is 11.3. The molecule has 1 saturated heterocycles. The molecular weight excluding hydrogens is 337 g/mol. The maximum Gasteiger partial charge on any atom is 0.393 e. The van der Waals surface area contributed by atoms with E-state index in [4.69, 9.17) is 0 Å². The number of halogens is 3. The summed E-state index contributed by atoms with van der Waals surface area (Å²) < 4.78 is 39.4. The van der Waals surface area contributed by atoms with Crippen molar-refractivity contribution in [1.82, 2.24) is 10.2 Å². The predicted molar refractivity (Wildman–Crippen MR) is 90.7 cm³/mol. The topological polar surface area (TPSA) is 32.3 Å². The van der Waals surface area contributed by atoms with Crippen molar-refractivity contribution in [3.63, 3.8) is 0 Å². The van der Waals surface area contributed by atoms with Crippen LogP contribution >= 0.6 is 11.8 Å². The lowest BCUT2D eigenvalue weighted by Crippen LogP contribution is -2.43. The van der Waals surface area contributed by atoms with Crippen molar-refractivity contribution in [2.75, 3.05) is 12.8 Å². The molecule has 7 heteroatoms. The van der Waals surface area contributed by atoms with Crippen molar-refractivity contribution in [1.29, 1.82) is 0 Å². The van der Waals surface area contributed by atoms with Gasteiger partial charge in [0.05, 0.1) is 12.0 Å². The van der Waals surface area contributed by atoms with Gasteiger partial charge in [-0.2, -0.15) is 13.2 Å². The van der Waals surface area contributed by atoms with E-state index in [0.29, 0.717) is 0 Å². The summed E-state index contributed by atoms with van der Waals surface area (Å²) in [4.78, 5) is 13.8. The number of hydrogen-bond acceptors (Lipinski definition) is 2. The van der Waals surface area contributed by atoms with Gasteiger partial charge in [0.2, 0.25) is 0 Å². The average Bonchev–Trinajstić information content (AvgIpc) is 2.99. The van der Waals surface area contributed by atoms with E-state index in [9.17, 15) is 18.0 Å². The first kappa shape index (κ1) is 18.7. The molecule has 3 atom stereocenters. The van der Waals surface area contributed by atoms with E-state index in [1.807, 2.05) is 11.7 Å². The molecule has 1 aromatic rings. The Bertz CT molecular complexity index is 577. The molecule has 0 saturated carbocycles. The van der Waals surface area contributed by atoms with Crippen molar-refractivity contribution in [3.8, 4) is 0 Å². The third-order valence-corrected chi connectivity index (χ3v) is 4.49. The molecular formula is C17H21F3N2OS. The molecule has 0 spiro atoms. The van der Waals surface area contributed by atoms with Crippen LogP contribution in [-0.2, 0) is 0 Å². The minimum Gasteiger partial charge on any atom is -0.332 e. The van der Waals surface area contributed by atoms with E-state index in [1.54, 1.807) is 43.3 Å². The van der Waals surface area contributed by atoms with Crippen molar-refractivity contribution >= 4 is 17.8 Å². The Morgan fingerprint density at radius 1 is 1.38 bits per heavy atom. The van der Waals surface area contributed by atoms with Gasteiger partial charge in [0.15, 0.2) is 0 Å². The molecule has 2 amide bonds. The monoisotopic (exact) mass is 358 g/mol. The molecule has 3 nitrogen and oxygen atoms in total. The molecule has 3 unspecified atom stereocenters. The Kier molecular flexibility index (Phi) is 6.21. The number of benzene rings is 1. The number of amides is 2. The first-order valence-electron chi connectivity index (χ1n) is 7.71. The van der Waals surface area contributed by atoms with Gasteiger partial charge in [-0.3, -0.25) is 0 Å². The highest BCUT2D eigenvalue weighted by Gasteiger charge is 2.49. The summed E-state index contributed by atoms with van der Waals surface area (Å²) in [6.45, 7) is 1.48. The van der Waals surface area contributed by atoms with Crippen LogP contribution in [0, 0.1) is 5.92 Å². The number of carbonyl (C=O) groups excluding carboxylic acids is 1. The van der Waals surface area contributed by atoms with Crippen molar-refractivity contribution in [2.45, 2.75) is 31.6 Å². The van der Waals surface area contributed by atoms with Gasteiger partial charge >= 0.3 is 12.2 Å². The minimum absolute atomic E-state index is 0.101. The number of thioether (sulfide) groups is 1.